The number of nitrogens with two attached hydrogens (primary N) is 1. The van der Waals surface area contributed by atoms with Crippen LogP contribution in [-0.2, 0) is 13.1 Å². The molecule has 0 bridgehead atoms. The normalized spacial score (nSPS) is 15.1. The van der Waals surface area contributed by atoms with Gasteiger partial charge in [0.1, 0.15) is 11.2 Å². The standard InChI is InChI=1S/C25H35N7O2/c1-2-3-9-27-23-22-21(28-25(26)29-23)8-10-32(24(22)34)18-20-6-4-19(5-7-20)17-31-13-11-30(12-14-31)15-16-33/h4-8,10,33H,2-3,9,11-18H2,1H3,(H3,26,27,28,29). The van der Waals surface area contributed by atoms with E-state index in [9.17, 15) is 4.79 Å². The number of benzene rings is 1. The fourth-order valence-electron chi connectivity index (χ4n) is 4.35. The van der Waals surface area contributed by atoms with E-state index in [1.54, 1.807) is 10.8 Å². The van der Waals surface area contributed by atoms with Gasteiger partial charge in [0.2, 0.25) is 5.95 Å². The number of β-amino-alcohol motifs (C(OH)–C–C–N with tert-alkyl or cyclic N) is 1. The maximum absolute atomic E-state index is 13.3. The van der Waals surface area contributed by atoms with Crippen molar-refractivity contribution >= 4 is 22.7 Å². The molecule has 4 N–H and O–H groups in total. The van der Waals surface area contributed by atoms with Gasteiger partial charge < -0.3 is 20.7 Å². The molecule has 0 spiro atoms. The van der Waals surface area contributed by atoms with Crippen molar-refractivity contribution in [3.05, 3.63) is 58.0 Å². The molecule has 9 heteroatoms. The Bertz CT molecular complexity index is 1140. The molecule has 3 aromatic rings. The molecular weight excluding hydrogens is 430 g/mol. The number of rotatable bonds is 10. The Morgan fingerprint density at radius 3 is 2.35 bits per heavy atom. The van der Waals surface area contributed by atoms with E-state index in [1.807, 2.05) is 6.07 Å². The first-order chi connectivity index (χ1) is 16.6. The average Bonchev–Trinajstić information content (AvgIpc) is 2.83. The van der Waals surface area contributed by atoms with Gasteiger partial charge in [-0.2, -0.15) is 4.98 Å². The van der Waals surface area contributed by atoms with E-state index in [1.165, 1.54) is 5.56 Å². The lowest BCUT2D eigenvalue weighted by Crippen LogP contribution is -2.46. The second-order valence-corrected chi connectivity index (χ2v) is 8.88. The predicted octanol–water partition coefficient (Wildman–Crippen LogP) is 1.74. The molecule has 9 nitrogen and oxygen atoms in total. The summed E-state index contributed by atoms with van der Waals surface area (Å²) in [5.74, 6) is 0.666. The van der Waals surface area contributed by atoms with Gasteiger partial charge in [0, 0.05) is 52.0 Å². The second-order valence-electron chi connectivity index (χ2n) is 8.88. The van der Waals surface area contributed by atoms with Crippen molar-refractivity contribution in [1.29, 1.82) is 0 Å². The molecule has 0 amide bonds. The number of nitrogen functional groups attached to an aromatic ring is 1. The van der Waals surface area contributed by atoms with Crippen LogP contribution in [0.3, 0.4) is 0 Å². The zero-order chi connectivity index (χ0) is 23.9. The van der Waals surface area contributed by atoms with Crippen LogP contribution in [0.25, 0.3) is 10.9 Å². The number of nitrogens with zero attached hydrogens (tertiary/aromatic N) is 5. The predicted molar refractivity (Wildman–Crippen MR) is 136 cm³/mol. The van der Waals surface area contributed by atoms with Crippen molar-refractivity contribution in [3.63, 3.8) is 0 Å². The van der Waals surface area contributed by atoms with Crippen LogP contribution in [0.5, 0.6) is 0 Å². The Balaban J connectivity index is 1.45. The van der Waals surface area contributed by atoms with E-state index in [-0.39, 0.29) is 18.1 Å². The molecule has 1 aromatic carbocycles. The van der Waals surface area contributed by atoms with E-state index < -0.39 is 0 Å². The molecule has 0 atom stereocenters. The van der Waals surface area contributed by atoms with Gasteiger partial charge in [-0.05, 0) is 23.6 Å². The third kappa shape index (κ3) is 5.91. The quantitative estimate of drug-likeness (QED) is 0.388. The molecule has 182 valence electrons. The summed E-state index contributed by atoms with van der Waals surface area (Å²) in [7, 11) is 0. The molecule has 34 heavy (non-hydrogen) atoms. The highest BCUT2D eigenvalue weighted by molar-refractivity contribution is 5.89. The number of hydrogen-bond donors (Lipinski definition) is 3. The molecule has 1 fully saturated rings. The topological polar surface area (TPSA) is 113 Å². The monoisotopic (exact) mass is 465 g/mol. The summed E-state index contributed by atoms with van der Waals surface area (Å²) in [5, 5.41) is 12.8. The highest BCUT2D eigenvalue weighted by atomic mass is 16.3. The van der Waals surface area contributed by atoms with Gasteiger partial charge in [-0.25, -0.2) is 4.98 Å². The molecule has 2 aromatic heterocycles. The number of piperazine rings is 1. The molecule has 3 heterocycles. The second kappa shape index (κ2) is 11.4. The lowest BCUT2D eigenvalue weighted by atomic mass is 10.1. The minimum atomic E-state index is -0.124. The van der Waals surface area contributed by atoms with Gasteiger partial charge in [0.25, 0.3) is 5.56 Å². The first kappa shape index (κ1) is 24.1. The van der Waals surface area contributed by atoms with Crippen molar-refractivity contribution in [2.45, 2.75) is 32.9 Å². The van der Waals surface area contributed by atoms with Crippen LogP contribution >= 0.6 is 0 Å². The Morgan fingerprint density at radius 2 is 1.68 bits per heavy atom. The fraction of sp³-hybridized carbons (Fsp3) is 0.480. The minimum Gasteiger partial charge on any atom is -0.395 e. The average molecular weight is 466 g/mol. The minimum absolute atomic E-state index is 0.124. The molecule has 0 radical (unpaired) electrons. The SMILES string of the molecule is CCCCNc1nc(N)nc2ccn(Cc3ccc(CN4CCN(CCO)CC4)cc3)c(=O)c12. The van der Waals surface area contributed by atoms with Crippen LogP contribution in [0.2, 0.25) is 0 Å². The van der Waals surface area contributed by atoms with Crippen LogP contribution in [0.4, 0.5) is 11.8 Å². The summed E-state index contributed by atoms with van der Waals surface area (Å²) in [5.41, 5.74) is 8.61. The summed E-state index contributed by atoms with van der Waals surface area (Å²) in [6.07, 6.45) is 3.80. The van der Waals surface area contributed by atoms with E-state index in [2.05, 4.69) is 56.3 Å². The molecule has 4 rings (SSSR count). The zero-order valence-electron chi connectivity index (χ0n) is 19.9. The van der Waals surface area contributed by atoms with Crippen molar-refractivity contribution in [2.24, 2.45) is 0 Å². The summed E-state index contributed by atoms with van der Waals surface area (Å²) in [6.45, 7) is 9.22. The van der Waals surface area contributed by atoms with Crippen LogP contribution in [-0.4, -0.2) is 75.3 Å². The van der Waals surface area contributed by atoms with E-state index >= 15 is 0 Å². The third-order valence-electron chi connectivity index (χ3n) is 6.33. The van der Waals surface area contributed by atoms with Crippen LogP contribution in [0.15, 0.2) is 41.3 Å². The molecule has 0 aliphatic carbocycles. The van der Waals surface area contributed by atoms with Crippen molar-refractivity contribution in [3.8, 4) is 0 Å². The van der Waals surface area contributed by atoms with Crippen molar-refractivity contribution in [2.75, 3.05) is 56.9 Å². The van der Waals surface area contributed by atoms with Crippen molar-refractivity contribution in [1.82, 2.24) is 24.3 Å². The summed E-state index contributed by atoms with van der Waals surface area (Å²) in [4.78, 5) is 26.5. The van der Waals surface area contributed by atoms with Crippen LogP contribution in [0, 0.1) is 0 Å². The maximum atomic E-state index is 13.3. The largest absolute Gasteiger partial charge is 0.395 e. The Morgan fingerprint density at radius 1 is 1.00 bits per heavy atom. The highest BCUT2D eigenvalue weighted by Gasteiger charge is 2.16. The number of aliphatic hydroxyl groups excluding tert-OH is 1. The third-order valence-corrected chi connectivity index (χ3v) is 6.33. The molecule has 1 aliphatic rings. The van der Waals surface area contributed by atoms with Crippen LogP contribution in [0.1, 0.15) is 30.9 Å². The molecule has 1 saturated heterocycles. The van der Waals surface area contributed by atoms with E-state index in [0.717, 1.165) is 64.2 Å². The van der Waals surface area contributed by atoms with Gasteiger partial charge in [-0.1, -0.05) is 37.6 Å². The lowest BCUT2D eigenvalue weighted by Gasteiger charge is -2.34. The van der Waals surface area contributed by atoms with Crippen molar-refractivity contribution < 1.29 is 5.11 Å². The molecular formula is C25H35N7O2. The Kier molecular flexibility index (Phi) is 8.10. The number of fused-ring (bicyclic) bond motifs is 1. The van der Waals surface area contributed by atoms with Gasteiger partial charge in [0.15, 0.2) is 0 Å². The number of pyridine rings is 1. The first-order valence-electron chi connectivity index (χ1n) is 12.1. The Labute approximate surface area is 200 Å². The highest BCUT2D eigenvalue weighted by Crippen LogP contribution is 2.18. The number of hydrogen-bond acceptors (Lipinski definition) is 8. The summed E-state index contributed by atoms with van der Waals surface area (Å²) < 4.78 is 1.70. The smallest absolute Gasteiger partial charge is 0.264 e. The van der Waals surface area contributed by atoms with Gasteiger partial charge in [-0.3, -0.25) is 14.6 Å². The number of anilines is 2. The van der Waals surface area contributed by atoms with E-state index in [0.29, 0.717) is 23.3 Å². The Hall–Kier alpha value is -3.01. The molecule has 0 unspecified atom stereocenters. The zero-order valence-corrected chi connectivity index (χ0v) is 19.9. The fourth-order valence-corrected chi connectivity index (χ4v) is 4.35. The summed E-state index contributed by atoms with van der Waals surface area (Å²) >= 11 is 0. The number of unbranched alkanes of at least 4 members (excludes halogenated alkanes) is 1. The van der Waals surface area contributed by atoms with Gasteiger partial charge in [0.05, 0.1) is 18.7 Å². The first-order valence-corrected chi connectivity index (χ1v) is 12.1. The molecule has 1 aliphatic heterocycles. The molecule has 0 saturated carbocycles. The van der Waals surface area contributed by atoms with Gasteiger partial charge >= 0.3 is 0 Å². The maximum Gasteiger partial charge on any atom is 0.264 e. The lowest BCUT2D eigenvalue weighted by molar-refractivity contribution is 0.108. The number of nitrogens with one attached hydrogen (secondary N) is 1. The van der Waals surface area contributed by atoms with Crippen LogP contribution < -0.4 is 16.6 Å². The van der Waals surface area contributed by atoms with Gasteiger partial charge in [-0.15, -0.1) is 0 Å². The van der Waals surface area contributed by atoms with E-state index in [4.69, 9.17) is 10.8 Å². The number of aliphatic hydroxyl groups is 1. The number of aromatic nitrogens is 3. The summed E-state index contributed by atoms with van der Waals surface area (Å²) in [6, 6.07) is 10.3.